The maximum atomic E-state index is 13.5. The highest BCUT2D eigenvalue weighted by Gasteiger charge is 2.29. The quantitative estimate of drug-likeness (QED) is 0.519. The van der Waals surface area contributed by atoms with Crippen LogP contribution in [0.5, 0.6) is 11.5 Å². The van der Waals surface area contributed by atoms with E-state index in [0.29, 0.717) is 22.2 Å². The third-order valence-electron chi connectivity index (χ3n) is 4.75. The second kappa shape index (κ2) is 9.93. The largest absolute Gasteiger partial charge is 0.497 e. The zero-order valence-electron chi connectivity index (χ0n) is 17.8. The minimum Gasteiger partial charge on any atom is -0.497 e. The van der Waals surface area contributed by atoms with Gasteiger partial charge in [-0.15, -0.1) is 0 Å². The van der Waals surface area contributed by atoms with E-state index in [4.69, 9.17) is 21.1 Å². The SMILES string of the molecule is COc1ccc(S(=O)(=O)N(CC(=O)Nc2ccc(Cl)cc2C)c2ccccc2OC)cc1. The first-order chi connectivity index (χ1) is 15.3. The Hall–Kier alpha value is -3.23. The number of nitrogens with one attached hydrogen (secondary N) is 1. The molecule has 3 aromatic carbocycles. The molecule has 1 N–H and O–H groups in total. The molecule has 0 aliphatic heterocycles. The Morgan fingerprint density at radius 1 is 1.00 bits per heavy atom. The number of methoxy groups -OCH3 is 2. The summed E-state index contributed by atoms with van der Waals surface area (Å²) in [5.41, 5.74) is 1.54. The Kier molecular flexibility index (Phi) is 7.27. The molecule has 0 atom stereocenters. The van der Waals surface area contributed by atoms with E-state index in [1.165, 1.54) is 26.4 Å². The number of nitrogens with zero attached hydrogens (tertiary/aromatic N) is 1. The number of para-hydroxylation sites is 2. The number of halogens is 1. The number of ether oxygens (including phenoxy) is 2. The van der Waals surface area contributed by atoms with Gasteiger partial charge in [0.1, 0.15) is 18.0 Å². The van der Waals surface area contributed by atoms with Crippen molar-refractivity contribution in [3.63, 3.8) is 0 Å². The Morgan fingerprint density at radius 3 is 2.31 bits per heavy atom. The van der Waals surface area contributed by atoms with Gasteiger partial charge in [0.15, 0.2) is 0 Å². The van der Waals surface area contributed by atoms with E-state index >= 15 is 0 Å². The maximum Gasteiger partial charge on any atom is 0.264 e. The summed E-state index contributed by atoms with van der Waals surface area (Å²) < 4.78 is 38.6. The Bertz CT molecular complexity index is 1210. The first-order valence-electron chi connectivity index (χ1n) is 9.62. The molecule has 1 amide bonds. The first-order valence-corrected chi connectivity index (χ1v) is 11.4. The molecule has 0 saturated carbocycles. The van der Waals surface area contributed by atoms with Gasteiger partial charge in [-0.25, -0.2) is 8.42 Å². The zero-order chi connectivity index (χ0) is 23.3. The van der Waals surface area contributed by atoms with Gasteiger partial charge in [0.2, 0.25) is 5.91 Å². The molecule has 9 heteroatoms. The van der Waals surface area contributed by atoms with Crippen LogP contribution in [0.1, 0.15) is 5.56 Å². The summed E-state index contributed by atoms with van der Waals surface area (Å²) in [6.45, 7) is 1.34. The topological polar surface area (TPSA) is 84.9 Å². The van der Waals surface area contributed by atoms with Gasteiger partial charge in [-0.05, 0) is 67.1 Å². The van der Waals surface area contributed by atoms with Crippen LogP contribution >= 0.6 is 11.6 Å². The maximum absolute atomic E-state index is 13.5. The molecule has 0 spiro atoms. The van der Waals surface area contributed by atoms with Gasteiger partial charge in [0.05, 0.1) is 24.8 Å². The van der Waals surface area contributed by atoms with Crippen molar-refractivity contribution in [3.8, 4) is 11.5 Å². The lowest BCUT2D eigenvalue weighted by Crippen LogP contribution is -2.38. The predicted molar refractivity (Wildman–Crippen MR) is 125 cm³/mol. The third-order valence-corrected chi connectivity index (χ3v) is 6.76. The number of rotatable bonds is 8. The highest BCUT2D eigenvalue weighted by molar-refractivity contribution is 7.92. The molecule has 0 aliphatic carbocycles. The molecule has 0 bridgehead atoms. The van der Waals surface area contributed by atoms with E-state index in [1.54, 1.807) is 61.5 Å². The molecule has 168 valence electrons. The summed E-state index contributed by atoms with van der Waals surface area (Å²) in [5, 5.41) is 3.29. The molecule has 0 heterocycles. The van der Waals surface area contributed by atoms with Crippen LogP contribution < -0.4 is 19.1 Å². The van der Waals surface area contributed by atoms with Crippen molar-refractivity contribution in [2.24, 2.45) is 0 Å². The van der Waals surface area contributed by atoms with E-state index in [1.807, 2.05) is 0 Å². The van der Waals surface area contributed by atoms with Gasteiger partial charge in [0, 0.05) is 10.7 Å². The molecule has 32 heavy (non-hydrogen) atoms. The van der Waals surface area contributed by atoms with E-state index < -0.39 is 22.5 Å². The first kappa shape index (κ1) is 23.4. The number of hydrogen-bond acceptors (Lipinski definition) is 5. The molecular weight excluding hydrogens is 452 g/mol. The average molecular weight is 475 g/mol. The number of carbonyl (C=O) groups excluding carboxylic acids is 1. The number of sulfonamides is 1. The van der Waals surface area contributed by atoms with Crippen LogP contribution in [-0.4, -0.2) is 35.1 Å². The van der Waals surface area contributed by atoms with Gasteiger partial charge in [0.25, 0.3) is 10.0 Å². The lowest BCUT2D eigenvalue weighted by atomic mass is 10.2. The van der Waals surface area contributed by atoms with Crippen molar-refractivity contribution in [2.75, 3.05) is 30.4 Å². The normalized spacial score (nSPS) is 11.0. The van der Waals surface area contributed by atoms with Crippen LogP contribution in [0.2, 0.25) is 5.02 Å². The van der Waals surface area contributed by atoms with Crippen molar-refractivity contribution in [3.05, 3.63) is 77.3 Å². The van der Waals surface area contributed by atoms with Gasteiger partial charge >= 0.3 is 0 Å². The smallest absolute Gasteiger partial charge is 0.264 e. The summed E-state index contributed by atoms with van der Waals surface area (Å²) >= 11 is 5.98. The fraction of sp³-hybridized carbons (Fsp3) is 0.174. The second-order valence-electron chi connectivity index (χ2n) is 6.87. The highest BCUT2D eigenvalue weighted by atomic mass is 35.5. The number of benzene rings is 3. The van der Waals surface area contributed by atoms with Gasteiger partial charge in [-0.2, -0.15) is 0 Å². The van der Waals surface area contributed by atoms with Gasteiger partial charge in [-0.1, -0.05) is 23.7 Å². The van der Waals surface area contributed by atoms with E-state index in [2.05, 4.69) is 5.32 Å². The van der Waals surface area contributed by atoms with Crippen LogP contribution in [0.3, 0.4) is 0 Å². The van der Waals surface area contributed by atoms with Crippen molar-refractivity contribution < 1.29 is 22.7 Å². The van der Waals surface area contributed by atoms with Gasteiger partial charge in [-0.3, -0.25) is 9.10 Å². The fourth-order valence-corrected chi connectivity index (χ4v) is 4.76. The van der Waals surface area contributed by atoms with Crippen LogP contribution in [0.4, 0.5) is 11.4 Å². The monoisotopic (exact) mass is 474 g/mol. The van der Waals surface area contributed by atoms with Crippen molar-refractivity contribution in [1.82, 2.24) is 0 Å². The highest BCUT2D eigenvalue weighted by Crippen LogP contribution is 2.32. The minimum absolute atomic E-state index is 0.0136. The molecular formula is C23H23ClN2O5S. The van der Waals surface area contributed by atoms with Crippen molar-refractivity contribution >= 4 is 38.9 Å². The Balaban J connectivity index is 1.99. The zero-order valence-corrected chi connectivity index (χ0v) is 19.4. The average Bonchev–Trinajstić information content (AvgIpc) is 2.79. The fourth-order valence-electron chi connectivity index (χ4n) is 3.10. The van der Waals surface area contributed by atoms with Gasteiger partial charge < -0.3 is 14.8 Å². The van der Waals surface area contributed by atoms with E-state index in [0.717, 1.165) is 9.87 Å². The van der Waals surface area contributed by atoms with E-state index in [-0.39, 0.29) is 10.6 Å². The summed E-state index contributed by atoms with van der Waals surface area (Å²) in [6, 6.07) is 17.6. The molecule has 3 aromatic rings. The molecule has 0 saturated heterocycles. The lowest BCUT2D eigenvalue weighted by molar-refractivity contribution is -0.114. The van der Waals surface area contributed by atoms with Crippen LogP contribution in [-0.2, 0) is 14.8 Å². The summed E-state index contributed by atoms with van der Waals surface area (Å²) in [5.74, 6) is 0.322. The number of amides is 1. The van der Waals surface area contributed by atoms with Crippen LogP contribution in [0, 0.1) is 6.92 Å². The Morgan fingerprint density at radius 2 is 1.69 bits per heavy atom. The number of anilines is 2. The summed E-state index contributed by atoms with van der Waals surface area (Å²) in [6.07, 6.45) is 0. The lowest BCUT2D eigenvalue weighted by Gasteiger charge is -2.25. The van der Waals surface area contributed by atoms with E-state index in [9.17, 15) is 13.2 Å². The van der Waals surface area contributed by atoms with Crippen molar-refractivity contribution in [2.45, 2.75) is 11.8 Å². The third kappa shape index (κ3) is 5.15. The Labute approximate surface area is 192 Å². The summed E-state index contributed by atoms with van der Waals surface area (Å²) in [7, 11) is -1.17. The van der Waals surface area contributed by atoms with Crippen molar-refractivity contribution in [1.29, 1.82) is 0 Å². The molecule has 3 rings (SSSR count). The predicted octanol–water partition coefficient (Wildman–Crippen LogP) is 4.50. The molecule has 0 aliphatic rings. The second-order valence-corrected chi connectivity index (χ2v) is 9.17. The molecule has 0 aromatic heterocycles. The molecule has 0 fully saturated rings. The molecule has 7 nitrogen and oxygen atoms in total. The van der Waals surface area contributed by atoms with Crippen LogP contribution in [0.25, 0.3) is 0 Å². The standard InChI is InChI=1S/C23H23ClN2O5S/c1-16-14-17(24)8-13-20(16)25-23(27)15-26(21-6-4-5-7-22(21)31-3)32(28,29)19-11-9-18(30-2)10-12-19/h4-14H,15H2,1-3H3,(H,25,27). The molecule has 0 unspecified atom stereocenters. The number of carbonyl (C=O) groups is 1. The number of aryl methyl sites for hydroxylation is 1. The molecule has 0 radical (unpaired) electrons. The minimum atomic E-state index is -4.10. The summed E-state index contributed by atoms with van der Waals surface area (Å²) in [4.78, 5) is 12.9. The number of hydrogen-bond donors (Lipinski definition) is 1. The van der Waals surface area contributed by atoms with Crippen LogP contribution in [0.15, 0.2) is 71.6 Å².